The maximum atomic E-state index is 6.12. The molecule has 0 aliphatic rings. The van der Waals surface area contributed by atoms with Gasteiger partial charge in [0.25, 0.3) is 0 Å². The second kappa shape index (κ2) is 6.73. The lowest BCUT2D eigenvalue weighted by Crippen LogP contribution is -2.29. The summed E-state index contributed by atoms with van der Waals surface area (Å²) >= 11 is 6.12. The minimum Gasteiger partial charge on any atom is -0.482 e. The molecule has 2 unspecified atom stereocenters. The van der Waals surface area contributed by atoms with E-state index in [9.17, 15) is 0 Å². The number of aromatic nitrogens is 1. The summed E-state index contributed by atoms with van der Waals surface area (Å²) in [4.78, 5) is 4.33. The van der Waals surface area contributed by atoms with Crippen LogP contribution in [0.2, 0.25) is 5.02 Å². The number of rotatable bonds is 5. The molecule has 0 saturated heterocycles. The van der Waals surface area contributed by atoms with Crippen LogP contribution in [-0.2, 0) is 6.42 Å². The van der Waals surface area contributed by atoms with Gasteiger partial charge >= 0.3 is 0 Å². The van der Waals surface area contributed by atoms with Crippen LogP contribution in [0.1, 0.15) is 31.2 Å². The lowest BCUT2D eigenvalue weighted by Gasteiger charge is -2.22. The molecule has 0 aliphatic heterocycles. The molecule has 20 heavy (non-hydrogen) atoms. The Bertz CT molecular complexity index is 558. The number of aryl methyl sites for hydroxylation is 1. The van der Waals surface area contributed by atoms with Crippen molar-refractivity contribution in [2.45, 2.75) is 32.4 Å². The van der Waals surface area contributed by atoms with E-state index in [1.165, 1.54) is 0 Å². The molecule has 0 radical (unpaired) electrons. The minimum atomic E-state index is -0.276. The van der Waals surface area contributed by atoms with Crippen LogP contribution in [-0.4, -0.2) is 11.0 Å². The first-order chi connectivity index (χ1) is 9.61. The Morgan fingerprint density at radius 2 is 2.10 bits per heavy atom. The van der Waals surface area contributed by atoms with Crippen LogP contribution in [0.25, 0.3) is 0 Å². The molecule has 0 amide bonds. The zero-order valence-electron chi connectivity index (χ0n) is 11.7. The van der Waals surface area contributed by atoms with Gasteiger partial charge in [0.1, 0.15) is 5.75 Å². The van der Waals surface area contributed by atoms with Gasteiger partial charge in [-0.25, -0.2) is 0 Å². The Labute approximate surface area is 124 Å². The first kappa shape index (κ1) is 14.8. The van der Waals surface area contributed by atoms with E-state index in [1.54, 1.807) is 6.20 Å². The van der Waals surface area contributed by atoms with Gasteiger partial charge in [-0.2, -0.15) is 0 Å². The molecule has 1 aromatic carbocycles. The third kappa shape index (κ3) is 3.50. The van der Waals surface area contributed by atoms with E-state index in [0.29, 0.717) is 0 Å². The van der Waals surface area contributed by atoms with Crippen LogP contribution >= 0.6 is 11.6 Å². The number of pyridine rings is 1. The van der Waals surface area contributed by atoms with Gasteiger partial charge < -0.3 is 10.5 Å². The molecular weight excluding hydrogens is 272 g/mol. The molecule has 1 heterocycles. The van der Waals surface area contributed by atoms with Crippen molar-refractivity contribution in [3.05, 3.63) is 58.9 Å². The lowest BCUT2D eigenvalue weighted by atomic mass is 10.1. The van der Waals surface area contributed by atoms with Gasteiger partial charge in [-0.1, -0.05) is 24.6 Å². The Hall–Kier alpha value is -1.58. The number of hydrogen-bond donors (Lipinski definition) is 1. The summed E-state index contributed by atoms with van der Waals surface area (Å²) in [5, 5.41) is 0.759. The van der Waals surface area contributed by atoms with Gasteiger partial charge in [0, 0.05) is 17.3 Å². The highest BCUT2D eigenvalue weighted by Crippen LogP contribution is 2.27. The first-order valence-corrected chi connectivity index (χ1v) is 7.11. The Morgan fingerprint density at radius 3 is 2.70 bits per heavy atom. The molecule has 0 spiro atoms. The fourth-order valence-electron chi connectivity index (χ4n) is 2.02. The Balaban J connectivity index is 2.25. The van der Waals surface area contributed by atoms with Gasteiger partial charge in [-0.3, -0.25) is 4.98 Å². The van der Waals surface area contributed by atoms with Crippen molar-refractivity contribution in [1.82, 2.24) is 4.98 Å². The Kier molecular flexibility index (Phi) is 4.99. The summed E-state index contributed by atoms with van der Waals surface area (Å²) < 4.78 is 6.01. The van der Waals surface area contributed by atoms with E-state index < -0.39 is 0 Å². The summed E-state index contributed by atoms with van der Waals surface area (Å²) in [7, 11) is 0. The summed E-state index contributed by atoms with van der Waals surface area (Å²) in [6.45, 7) is 3.97. The van der Waals surface area contributed by atoms with E-state index in [-0.39, 0.29) is 12.1 Å². The number of halogens is 1. The van der Waals surface area contributed by atoms with Crippen LogP contribution < -0.4 is 10.5 Å². The summed E-state index contributed by atoms with van der Waals surface area (Å²) in [5.74, 6) is 0.763. The number of nitrogens with zero attached hydrogens (tertiary/aromatic N) is 1. The number of benzene rings is 1. The molecule has 2 N–H and O–H groups in total. The van der Waals surface area contributed by atoms with Crippen molar-refractivity contribution >= 4 is 11.6 Å². The van der Waals surface area contributed by atoms with Gasteiger partial charge in [-0.15, -0.1) is 0 Å². The fraction of sp³-hybridized carbons (Fsp3) is 0.312. The molecule has 0 aliphatic carbocycles. The van der Waals surface area contributed by atoms with Crippen LogP contribution in [0.4, 0.5) is 0 Å². The van der Waals surface area contributed by atoms with Gasteiger partial charge in [0.05, 0.1) is 5.69 Å². The summed E-state index contributed by atoms with van der Waals surface area (Å²) in [6.07, 6.45) is 2.33. The van der Waals surface area contributed by atoms with Crippen molar-refractivity contribution in [3.63, 3.8) is 0 Å². The second-order valence-electron chi connectivity index (χ2n) is 4.76. The fourth-order valence-corrected chi connectivity index (χ4v) is 2.27. The van der Waals surface area contributed by atoms with E-state index in [0.717, 1.165) is 28.5 Å². The zero-order chi connectivity index (χ0) is 14.5. The summed E-state index contributed by atoms with van der Waals surface area (Å²) in [6, 6.07) is 11.2. The van der Waals surface area contributed by atoms with Crippen molar-refractivity contribution in [2.75, 3.05) is 0 Å². The van der Waals surface area contributed by atoms with E-state index in [2.05, 4.69) is 11.9 Å². The predicted octanol–water partition coefficient (Wildman–Crippen LogP) is 3.76. The normalized spacial score (nSPS) is 13.8. The quantitative estimate of drug-likeness (QED) is 0.912. The molecule has 1 aromatic heterocycles. The van der Waals surface area contributed by atoms with Crippen molar-refractivity contribution < 1.29 is 4.74 Å². The average Bonchev–Trinajstić information content (AvgIpc) is 2.47. The number of nitrogens with two attached hydrogens (primary N) is 1. The van der Waals surface area contributed by atoms with Gasteiger partial charge in [-0.05, 0) is 49.2 Å². The molecule has 0 fully saturated rings. The molecule has 4 heteroatoms. The van der Waals surface area contributed by atoms with Crippen LogP contribution in [0.5, 0.6) is 5.75 Å². The number of hydrogen-bond acceptors (Lipinski definition) is 3. The second-order valence-corrected chi connectivity index (χ2v) is 5.17. The maximum absolute atomic E-state index is 6.12. The maximum Gasteiger partial charge on any atom is 0.155 e. The molecule has 3 nitrogen and oxygen atoms in total. The average molecular weight is 291 g/mol. The molecule has 2 atom stereocenters. The predicted molar refractivity (Wildman–Crippen MR) is 82.1 cm³/mol. The van der Waals surface area contributed by atoms with Crippen molar-refractivity contribution in [1.29, 1.82) is 0 Å². The topological polar surface area (TPSA) is 48.1 Å². The van der Waals surface area contributed by atoms with Crippen LogP contribution in [0, 0.1) is 0 Å². The third-order valence-corrected chi connectivity index (χ3v) is 3.49. The first-order valence-electron chi connectivity index (χ1n) is 6.73. The minimum absolute atomic E-state index is 0.161. The van der Waals surface area contributed by atoms with Crippen LogP contribution in [0.15, 0.2) is 42.6 Å². The Morgan fingerprint density at radius 1 is 1.30 bits per heavy atom. The lowest BCUT2D eigenvalue weighted by molar-refractivity contribution is 0.175. The highest BCUT2D eigenvalue weighted by atomic mass is 35.5. The molecule has 0 saturated carbocycles. The highest BCUT2D eigenvalue weighted by Gasteiger charge is 2.19. The third-order valence-electron chi connectivity index (χ3n) is 3.12. The molecule has 106 valence electrons. The van der Waals surface area contributed by atoms with Gasteiger partial charge in [0.2, 0.25) is 0 Å². The SMILES string of the molecule is CCc1cc(OC(c2ccccn2)C(C)N)ccc1Cl. The van der Waals surface area contributed by atoms with E-state index in [1.807, 2.05) is 43.3 Å². The number of ether oxygens (including phenoxy) is 1. The molecule has 2 rings (SSSR count). The van der Waals surface area contributed by atoms with Crippen molar-refractivity contribution in [2.24, 2.45) is 5.73 Å². The van der Waals surface area contributed by atoms with E-state index >= 15 is 0 Å². The molecular formula is C16H19ClN2O. The standard InChI is InChI=1S/C16H19ClN2O/c1-3-12-10-13(7-8-14(12)17)20-16(11(2)18)15-6-4-5-9-19-15/h4-11,16H,3,18H2,1-2H3. The molecule has 2 aromatic rings. The smallest absolute Gasteiger partial charge is 0.155 e. The molecule has 0 bridgehead atoms. The largest absolute Gasteiger partial charge is 0.482 e. The van der Waals surface area contributed by atoms with Crippen LogP contribution in [0.3, 0.4) is 0 Å². The summed E-state index contributed by atoms with van der Waals surface area (Å²) in [5.41, 5.74) is 7.92. The van der Waals surface area contributed by atoms with Gasteiger partial charge in [0.15, 0.2) is 6.10 Å². The van der Waals surface area contributed by atoms with E-state index in [4.69, 9.17) is 22.1 Å². The monoisotopic (exact) mass is 290 g/mol. The zero-order valence-corrected chi connectivity index (χ0v) is 12.5. The highest BCUT2D eigenvalue weighted by molar-refractivity contribution is 6.31. The van der Waals surface area contributed by atoms with Crippen molar-refractivity contribution in [3.8, 4) is 5.75 Å².